The van der Waals surface area contributed by atoms with Crippen LogP contribution in [-0.4, -0.2) is 18.4 Å². The van der Waals surface area contributed by atoms with Crippen molar-refractivity contribution < 1.29 is 17.2 Å². The Bertz CT molecular complexity index is 1090. The number of nitrogens with zero attached hydrogens (tertiary/aromatic N) is 2. The van der Waals surface area contributed by atoms with Crippen molar-refractivity contribution in [3.8, 4) is 17.3 Å². The molecule has 0 unspecified atom stereocenters. The molecule has 2 heterocycles. The minimum absolute atomic E-state index is 0.0661. The highest BCUT2D eigenvalue weighted by atomic mass is 32.2. The second-order valence-corrected chi connectivity index (χ2v) is 6.69. The molecule has 0 aliphatic rings. The van der Waals surface area contributed by atoms with Gasteiger partial charge in [0.1, 0.15) is 10.7 Å². The summed E-state index contributed by atoms with van der Waals surface area (Å²) in [6, 6.07) is 9.28. The number of hydrogen-bond acceptors (Lipinski definition) is 4. The lowest BCUT2D eigenvalue weighted by Crippen LogP contribution is -2.13. The number of pyridine rings is 1. The number of anilines is 1. The van der Waals surface area contributed by atoms with E-state index in [0.717, 1.165) is 18.3 Å². The van der Waals surface area contributed by atoms with Crippen molar-refractivity contribution in [3.05, 3.63) is 66.1 Å². The number of halogens is 2. The molecule has 0 saturated carbocycles. The number of H-pyrrole nitrogens is 1. The van der Waals surface area contributed by atoms with Gasteiger partial charge in [-0.05, 0) is 36.4 Å². The van der Waals surface area contributed by atoms with E-state index in [1.807, 2.05) is 0 Å². The van der Waals surface area contributed by atoms with Crippen LogP contribution in [-0.2, 0) is 10.0 Å². The molecule has 0 atom stereocenters. The molecule has 1 aromatic carbocycles. The maximum absolute atomic E-state index is 13.9. The lowest BCUT2D eigenvalue weighted by Gasteiger charge is -2.07. The summed E-state index contributed by atoms with van der Waals surface area (Å²) < 4.78 is 54.4. The minimum Gasteiger partial charge on any atom is -0.360 e. The largest absolute Gasteiger partial charge is 0.360 e. The van der Waals surface area contributed by atoms with E-state index in [-0.39, 0.29) is 27.4 Å². The molecule has 9 heteroatoms. The number of rotatable bonds is 4. The first-order valence-electron chi connectivity index (χ1n) is 6.92. The third-order valence-corrected chi connectivity index (χ3v) is 4.70. The molecule has 126 valence electrons. The summed E-state index contributed by atoms with van der Waals surface area (Å²) in [5.74, 6) is -1.63. The zero-order valence-electron chi connectivity index (χ0n) is 12.5. The van der Waals surface area contributed by atoms with Crippen molar-refractivity contribution in [3.63, 3.8) is 0 Å². The highest BCUT2D eigenvalue weighted by Gasteiger charge is 2.19. The fourth-order valence-electron chi connectivity index (χ4n) is 2.14. The van der Waals surface area contributed by atoms with E-state index in [4.69, 9.17) is 5.26 Å². The Morgan fingerprint density at radius 2 is 2.00 bits per heavy atom. The first kappa shape index (κ1) is 16.6. The predicted molar refractivity (Wildman–Crippen MR) is 85.9 cm³/mol. The molecule has 25 heavy (non-hydrogen) atoms. The summed E-state index contributed by atoms with van der Waals surface area (Å²) in [5.41, 5.74) is 0.0884. The van der Waals surface area contributed by atoms with Crippen LogP contribution < -0.4 is 4.72 Å². The van der Waals surface area contributed by atoms with Crippen LogP contribution in [0.5, 0.6) is 0 Å². The average Bonchev–Trinajstić information content (AvgIpc) is 3.08. The van der Waals surface area contributed by atoms with Gasteiger partial charge in [-0.25, -0.2) is 17.8 Å². The Kier molecular flexibility index (Phi) is 4.21. The van der Waals surface area contributed by atoms with Crippen molar-refractivity contribution in [2.45, 2.75) is 4.90 Å². The van der Waals surface area contributed by atoms with Gasteiger partial charge in [0.2, 0.25) is 5.95 Å². The summed E-state index contributed by atoms with van der Waals surface area (Å²) in [6.45, 7) is 0. The third kappa shape index (κ3) is 3.34. The zero-order valence-corrected chi connectivity index (χ0v) is 13.3. The second kappa shape index (κ2) is 6.33. The van der Waals surface area contributed by atoms with Gasteiger partial charge in [-0.2, -0.15) is 9.65 Å². The molecule has 0 saturated heterocycles. The Hall–Kier alpha value is -3.25. The molecule has 0 radical (unpaired) electrons. The Labute approximate surface area is 141 Å². The molecule has 0 aliphatic heterocycles. The highest BCUT2D eigenvalue weighted by molar-refractivity contribution is 7.92. The van der Waals surface area contributed by atoms with Gasteiger partial charge >= 0.3 is 0 Å². The number of hydrogen-bond donors (Lipinski definition) is 2. The summed E-state index contributed by atoms with van der Waals surface area (Å²) in [6.07, 6.45) is 2.43. The van der Waals surface area contributed by atoms with Crippen LogP contribution in [0.25, 0.3) is 11.3 Å². The van der Waals surface area contributed by atoms with Crippen molar-refractivity contribution in [1.29, 1.82) is 5.26 Å². The van der Waals surface area contributed by atoms with Crippen molar-refractivity contribution in [1.82, 2.24) is 9.97 Å². The smallest absolute Gasteiger partial charge is 0.263 e. The van der Waals surface area contributed by atoms with Crippen molar-refractivity contribution in [2.24, 2.45) is 0 Å². The molecule has 2 N–H and O–H groups in total. The molecule has 0 amide bonds. The summed E-state index contributed by atoms with van der Waals surface area (Å²) in [4.78, 5) is 5.95. The van der Waals surface area contributed by atoms with E-state index >= 15 is 0 Å². The third-order valence-electron chi connectivity index (χ3n) is 3.36. The SMILES string of the molecule is N#Cc1ccc(NS(=O)(=O)c2c[nH]c(-c3cccnc3F)c2)c(F)c1. The maximum atomic E-state index is 13.9. The summed E-state index contributed by atoms with van der Waals surface area (Å²) >= 11 is 0. The fraction of sp³-hybridized carbons (Fsp3) is 0. The van der Waals surface area contributed by atoms with Gasteiger partial charge in [-0.1, -0.05) is 0 Å². The van der Waals surface area contributed by atoms with Gasteiger partial charge in [0.15, 0.2) is 0 Å². The minimum atomic E-state index is -4.10. The highest BCUT2D eigenvalue weighted by Crippen LogP contribution is 2.25. The molecule has 0 spiro atoms. The second-order valence-electron chi connectivity index (χ2n) is 5.00. The van der Waals surface area contributed by atoms with Gasteiger partial charge in [0, 0.05) is 12.4 Å². The number of nitriles is 1. The predicted octanol–water partition coefficient (Wildman–Crippen LogP) is 3.03. The molecule has 3 rings (SSSR count). The van der Waals surface area contributed by atoms with Gasteiger partial charge in [-0.15, -0.1) is 0 Å². The maximum Gasteiger partial charge on any atom is 0.263 e. The van der Waals surface area contributed by atoms with Crippen LogP contribution in [0.2, 0.25) is 0 Å². The van der Waals surface area contributed by atoms with E-state index < -0.39 is 21.8 Å². The van der Waals surface area contributed by atoms with E-state index in [2.05, 4.69) is 14.7 Å². The standard InChI is InChI=1S/C16H10F2N4O2S/c17-13-6-10(8-19)3-4-14(13)22-25(23,24)11-7-15(21-9-11)12-2-1-5-20-16(12)18/h1-7,9,21-22H. The van der Waals surface area contributed by atoms with Gasteiger partial charge in [-0.3, -0.25) is 4.72 Å². The van der Waals surface area contributed by atoms with Gasteiger partial charge in [0.25, 0.3) is 10.0 Å². The van der Waals surface area contributed by atoms with Crippen LogP contribution in [0.3, 0.4) is 0 Å². The molecule has 3 aromatic rings. The fourth-order valence-corrected chi connectivity index (χ4v) is 3.20. The van der Waals surface area contributed by atoms with E-state index in [1.165, 1.54) is 30.5 Å². The van der Waals surface area contributed by atoms with Gasteiger partial charge < -0.3 is 4.98 Å². The van der Waals surface area contributed by atoms with E-state index in [0.29, 0.717) is 0 Å². The van der Waals surface area contributed by atoms with Crippen molar-refractivity contribution in [2.75, 3.05) is 4.72 Å². The molecule has 0 aliphatic carbocycles. The zero-order chi connectivity index (χ0) is 18.0. The van der Waals surface area contributed by atoms with E-state index in [1.54, 1.807) is 6.07 Å². The van der Waals surface area contributed by atoms with Crippen LogP contribution in [0.1, 0.15) is 5.56 Å². The quantitative estimate of drug-likeness (QED) is 0.699. The Balaban J connectivity index is 1.92. The molecule has 2 aromatic heterocycles. The molecular weight excluding hydrogens is 350 g/mol. The Morgan fingerprint density at radius 3 is 2.68 bits per heavy atom. The van der Waals surface area contributed by atoms with Crippen LogP contribution >= 0.6 is 0 Å². The summed E-state index contributed by atoms with van der Waals surface area (Å²) in [5, 5.41) is 8.70. The Morgan fingerprint density at radius 1 is 1.20 bits per heavy atom. The number of nitrogens with one attached hydrogen (secondary N) is 2. The van der Waals surface area contributed by atoms with Crippen LogP contribution in [0.4, 0.5) is 14.5 Å². The molecular formula is C16H10F2N4O2S. The van der Waals surface area contributed by atoms with Gasteiger partial charge in [0.05, 0.1) is 28.6 Å². The van der Waals surface area contributed by atoms with E-state index in [9.17, 15) is 17.2 Å². The van der Waals surface area contributed by atoms with Crippen LogP contribution in [0.15, 0.2) is 53.7 Å². The molecule has 6 nitrogen and oxygen atoms in total. The number of aromatic amines is 1. The lowest BCUT2D eigenvalue weighted by atomic mass is 10.2. The number of sulfonamides is 1. The first-order chi connectivity index (χ1) is 11.9. The normalized spacial score (nSPS) is 11.1. The molecule has 0 bridgehead atoms. The first-order valence-corrected chi connectivity index (χ1v) is 8.41. The topological polar surface area (TPSA) is 98.6 Å². The van der Waals surface area contributed by atoms with Crippen molar-refractivity contribution >= 4 is 15.7 Å². The van der Waals surface area contributed by atoms with Crippen LogP contribution in [0, 0.1) is 23.1 Å². The number of aromatic nitrogens is 2. The number of benzene rings is 1. The average molecular weight is 360 g/mol. The monoisotopic (exact) mass is 360 g/mol. The molecule has 0 fully saturated rings. The lowest BCUT2D eigenvalue weighted by molar-refractivity contribution is 0.587. The summed E-state index contributed by atoms with van der Waals surface area (Å²) in [7, 11) is -4.10.